The Labute approximate surface area is 89.8 Å². The summed E-state index contributed by atoms with van der Waals surface area (Å²) in [5, 5.41) is 12.9. The maximum absolute atomic E-state index is 9.57. The lowest BCUT2D eigenvalue weighted by Crippen LogP contribution is -2.59. The minimum Gasteiger partial charge on any atom is -0.392 e. The molecule has 0 aromatic carbocycles. The van der Waals surface area contributed by atoms with Crippen molar-refractivity contribution in [2.45, 2.75) is 39.0 Å². The van der Waals surface area contributed by atoms with E-state index in [0.717, 1.165) is 12.2 Å². The molecule has 1 saturated carbocycles. The van der Waals surface area contributed by atoms with Gasteiger partial charge in [-0.2, -0.15) is 0 Å². The van der Waals surface area contributed by atoms with E-state index in [4.69, 9.17) is 0 Å². The van der Waals surface area contributed by atoms with Crippen molar-refractivity contribution in [3.63, 3.8) is 0 Å². The Morgan fingerprint density at radius 2 is 2.13 bits per heavy atom. The highest BCUT2D eigenvalue weighted by molar-refractivity contribution is 5.02. The Kier molecular flexibility index (Phi) is 2.71. The molecule has 0 bridgehead atoms. The summed E-state index contributed by atoms with van der Waals surface area (Å²) in [7, 11) is 0. The molecule has 2 atom stereocenters. The van der Waals surface area contributed by atoms with Gasteiger partial charge in [-0.15, -0.1) is 0 Å². The van der Waals surface area contributed by atoms with Crippen LogP contribution in [0.3, 0.4) is 0 Å². The maximum Gasteiger partial charge on any atom is 0.141 e. The predicted octanol–water partition coefficient (Wildman–Crippen LogP) is 0.726. The third-order valence-corrected chi connectivity index (χ3v) is 3.34. The van der Waals surface area contributed by atoms with Crippen LogP contribution in [0.1, 0.15) is 26.1 Å². The van der Waals surface area contributed by atoms with E-state index < -0.39 is 0 Å². The Hall–Kier alpha value is -1.00. The van der Waals surface area contributed by atoms with Gasteiger partial charge < -0.3 is 10.4 Å². The van der Waals surface area contributed by atoms with E-state index in [1.807, 2.05) is 0 Å². The van der Waals surface area contributed by atoms with E-state index in [2.05, 4.69) is 29.1 Å². The van der Waals surface area contributed by atoms with Crippen LogP contribution >= 0.6 is 0 Å². The number of aromatic nitrogens is 2. The summed E-state index contributed by atoms with van der Waals surface area (Å²) in [6.45, 7) is 4.82. The van der Waals surface area contributed by atoms with Crippen molar-refractivity contribution >= 4 is 0 Å². The number of aliphatic hydroxyl groups excluding tert-OH is 1. The van der Waals surface area contributed by atoms with Crippen molar-refractivity contribution < 1.29 is 5.11 Å². The minimum atomic E-state index is -0.188. The zero-order valence-corrected chi connectivity index (χ0v) is 9.14. The standard InChI is InChI=1S/C11H17N3O/c1-11(2)8(6-9(11)15)14-7-10-12-4-3-5-13-10/h3-5,8-9,14-15H,6-7H2,1-2H3. The molecule has 0 radical (unpaired) electrons. The molecule has 1 fully saturated rings. The number of hydrogen-bond donors (Lipinski definition) is 2. The highest BCUT2D eigenvalue weighted by atomic mass is 16.3. The highest BCUT2D eigenvalue weighted by Gasteiger charge is 2.46. The molecule has 1 aliphatic rings. The molecule has 4 nitrogen and oxygen atoms in total. The largest absolute Gasteiger partial charge is 0.392 e. The minimum absolute atomic E-state index is 0.0330. The normalized spacial score (nSPS) is 28.5. The van der Waals surface area contributed by atoms with Crippen LogP contribution in [0.15, 0.2) is 18.5 Å². The molecular weight excluding hydrogens is 190 g/mol. The SMILES string of the molecule is CC1(C)C(O)CC1NCc1ncccn1. The van der Waals surface area contributed by atoms with E-state index in [9.17, 15) is 5.11 Å². The van der Waals surface area contributed by atoms with Gasteiger partial charge in [-0.1, -0.05) is 13.8 Å². The first-order valence-corrected chi connectivity index (χ1v) is 5.28. The van der Waals surface area contributed by atoms with E-state index in [1.165, 1.54) is 0 Å². The van der Waals surface area contributed by atoms with Crippen LogP contribution in [0.5, 0.6) is 0 Å². The van der Waals surface area contributed by atoms with Crippen molar-refractivity contribution in [1.29, 1.82) is 0 Å². The maximum atomic E-state index is 9.57. The van der Waals surface area contributed by atoms with Gasteiger partial charge in [0.25, 0.3) is 0 Å². The monoisotopic (exact) mass is 207 g/mol. The average Bonchev–Trinajstić information content (AvgIpc) is 2.25. The molecular formula is C11H17N3O. The zero-order chi connectivity index (χ0) is 10.9. The van der Waals surface area contributed by atoms with Crippen molar-refractivity contribution in [3.8, 4) is 0 Å². The molecule has 0 saturated heterocycles. The second-order valence-corrected chi connectivity index (χ2v) is 4.67. The van der Waals surface area contributed by atoms with Crippen LogP contribution in [-0.2, 0) is 6.54 Å². The zero-order valence-electron chi connectivity index (χ0n) is 9.14. The second-order valence-electron chi connectivity index (χ2n) is 4.67. The van der Waals surface area contributed by atoms with Crippen LogP contribution in [0.25, 0.3) is 0 Å². The summed E-state index contributed by atoms with van der Waals surface area (Å²) in [5.41, 5.74) is -0.0330. The topological polar surface area (TPSA) is 58.0 Å². The van der Waals surface area contributed by atoms with E-state index in [0.29, 0.717) is 12.6 Å². The highest BCUT2D eigenvalue weighted by Crippen LogP contribution is 2.40. The van der Waals surface area contributed by atoms with Gasteiger partial charge in [0.15, 0.2) is 0 Å². The molecule has 1 aromatic rings. The third kappa shape index (κ3) is 2.01. The summed E-state index contributed by atoms with van der Waals surface area (Å²) < 4.78 is 0. The van der Waals surface area contributed by atoms with Crippen molar-refractivity contribution in [2.75, 3.05) is 0 Å². The van der Waals surface area contributed by atoms with Crippen LogP contribution in [0.2, 0.25) is 0 Å². The second kappa shape index (κ2) is 3.87. The number of aliphatic hydroxyl groups is 1. The Morgan fingerprint density at radius 3 is 2.67 bits per heavy atom. The van der Waals surface area contributed by atoms with E-state index >= 15 is 0 Å². The number of rotatable bonds is 3. The molecule has 0 amide bonds. The molecule has 2 N–H and O–H groups in total. The first-order valence-electron chi connectivity index (χ1n) is 5.28. The summed E-state index contributed by atoms with van der Waals surface area (Å²) in [5.74, 6) is 0.801. The lowest BCUT2D eigenvalue weighted by atomic mass is 9.64. The van der Waals surface area contributed by atoms with Gasteiger partial charge >= 0.3 is 0 Å². The Morgan fingerprint density at radius 1 is 1.47 bits per heavy atom. The van der Waals surface area contributed by atoms with Gasteiger partial charge in [-0.05, 0) is 12.5 Å². The van der Waals surface area contributed by atoms with Crippen molar-refractivity contribution in [2.24, 2.45) is 5.41 Å². The van der Waals surface area contributed by atoms with Crippen molar-refractivity contribution in [1.82, 2.24) is 15.3 Å². The molecule has 1 aliphatic carbocycles. The number of nitrogens with zero attached hydrogens (tertiary/aromatic N) is 2. The molecule has 2 unspecified atom stereocenters. The molecule has 15 heavy (non-hydrogen) atoms. The van der Waals surface area contributed by atoms with Gasteiger partial charge in [0.2, 0.25) is 0 Å². The smallest absolute Gasteiger partial charge is 0.141 e. The van der Waals surface area contributed by atoms with Gasteiger partial charge in [-0.25, -0.2) is 9.97 Å². The Bertz CT molecular complexity index is 326. The third-order valence-electron chi connectivity index (χ3n) is 3.34. The fourth-order valence-electron chi connectivity index (χ4n) is 1.88. The van der Waals surface area contributed by atoms with Gasteiger partial charge in [0, 0.05) is 23.9 Å². The van der Waals surface area contributed by atoms with Crippen LogP contribution in [0, 0.1) is 5.41 Å². The summed E-state index contributed by atoms with van der Waals surface area (Å²) in [6, 6.07) is 2.16. The predicted molar refractivity (Wildman–Crippen MR) is 57.1 cm³/mol. The van der Waals surface area contributed by atoms with Crippen LogP contribution < -0.4 is 5.32 Å². The van der Waals surface area contributed by atoms with Crippen LogP contribution in [0.4, 0.5) is 0 Å². The van der Waals surface area contributed by atoms with Crippen molar-refractivity contribution in [3.05, 3.63) is 24.3 Å². The summed E-state index contributed by atoms with van der Waals surface area (Å²) in [4.78, 5) is 8.28. The fourth-order valence-corrected chi connectivity index (χ4v) is 1.88. The molecule has 1 heterocycles. The first kappa shape index (κ1) is 10.5. The number of hydrogen-bond acceptors (Lipinski definition) is 4. The van der Waals surface area contributed by atoms with Crippen LogP contribution in [-0.4, -0.2) is 27.2 Å². The first-order chi connectivity index (χ1) is 7.10. The fraction of sp³-hybridized carbons (Fsp3) is 0.636. The van der Waals surface area contributed by atoms with Gasteiger partial charge in [0.05, 0.1) is 12.6 Å². The lowest BCUT2D eigenvalue weighted by Gasteiger charge is -2.49. The average molecular weight is 207 g/mol. The van der Waals surface area contributed by atoms with Gasteiger partial charge in [-0.3, -0.25) is 0 Å². The Balaban J connectivity index is 1.85. The summed E-state index contributed by atoms with van der Waals surface area (Å²) >= 11 is 0. The molecule has 2 rings (SSSR count). The molecule has 0 spiro atoms. The van der Waals surface area contributed by atoms with Gasteiger partial charge in [0.1, 0.15) is 5.82 Å². The van der Waals surface area contributed by atoms with E-state index in [1.54, 1.807) is 18.5 Å². The number of nitrogens with one attached hydrogen (secondary N) is 1. The molecule has 1 aromatic heterocycles. The molecule has 82 valence electrons. The lowest BCUT2D eigenvalue weighted by molar-refractivity contribution is -0.0731. The molecule has 0 aliphatic heterocycles. The molecule has 4 heteroatoms. The summed E-state index contributed by atoms with van der Waals surface area (Å²) in [6.07, 6.45) is 4.11. The van der Waals surface area contributed by atoms with E-state index in [-0.39, 0.29) is 11.5 Å². The quantitative estimate of drug-likeness (QED) is 0.767.